The SMILES string of the molecule is CC(C)CNCc1sc(C2CCC2)nc1-c1ccccc1. The second-order valence-corrected chi connectivity index (χ2v) is 7.46. The molecule has 3 heteroatoms. The van der Waals surface area contributed by atoms with Crippen molar-refractivity contribution in [1.82, 2.24) is 10.3 Å². The Labute approximate surface area is 131 Å². The van der Waals surface area contributed by atoms with Gasteiger partial charge in [-0.1, -0.05) is 50.6 Å². The van der Waals surface area contributed by atoms with E-state index in [1.54, 1.807) is 0 Å². The number of thiazole rings is 1. The number of benzene rings is 1. The maximum absolute atomic E-state index is 4.98. The Kier molecular flexibility index (Phi) is 4.71. The van der Waals surface area contributed by atoms with Gasteiger partial charge in [-0.05, 0) is 25.3 Å². The molecule has 0 unspecified atom stereocenters. The van der Waals surface area contributed by atoms with Crippen LogP contribution in [0.1, 0.15) is 48.9 Å². The summed E-state index contributed by atoms with van der Waals surface area (Å²) in [6, 6.07) is 10.6. The van der Waals surface area contributed by atoms with Crippen molar-refractivity contribution in [2.45, 2.75) is 45.6 Å². The van der Waals surface area contributed by atoms with Gasteiger partial charge in [0.15, 0.2) is 0 Å². The maximum Gasteiger partial charge on any atom is 0.0966 e. The lowest BCUT2D eigenvalue weighted by Gasteiger charge is -2.22. The van der Waals surface area contributed by atoms with Crippen molar-refractivity contribution in [2.24, 2.45) is 5.92 Å². The number of nitrogens with zero attached hydrogens (tertiary/aromatic N) is 1. The van der Waals surface area contributed by atoms with Gasteiger partial charge in [0, 0.05) is 22.9 Å². The first-order valence-electron chi connectivity index (χ1n) is 7.99. The largest absolute Gasteiger partial charge is 0.312 e. The zero-order valence-corrected chi connectivity index (χ0v) is 13.7. The van der Waals surface area contributed by atoms with Crippen LogP contribution in [-0.2, 0) is 6.54 Å². The minimum Gasteiger partial charge on any atom is -0.312 e. The van der Waals surface area contributed by atoms with Crippen molar-refractivity contribution >= 4 is 11.3 Å². The number of hydrogen-bond donors (Lipinski definition) is 1. The Bertz CT molecular complexity index is 570. The molecule has 1 aliphatic rings. The molecule has 2 nitrogen and oxygen atoms in total. The molecule has 1 aromatic carbocycles. The average molecular weight is 300 g/mol. The first kappa shape index (κ1) is 14.7. The first-order valence-corrected chi connectivity index (χ1v) is 8.81. The molecule has 0 amide bonds. The number of hydrogen-bond acceptors (Lipinski definition) is 3. The molecule has 3 rings (SSSR count). The van der Waals surface area contributed by atoms with Crippen molar-refractivity contribution in [1.29, 1.82) is 0 Å². The highest BCUT2D eigenvalue weighted by Gasteiger charge is 2.24. The van der Waals surface area contributed by atoms with E-state index in [0.29, 0.717) is 5.92 Å². The van der Waals surface area contributed by atoms with Gasteiger partial charge < -0.3 is 5.32 Å². The summed E-state index contributed by atoms with van der Waals surface area (Å²) in [6.07, 6.45) is 4.01. The van der Waals surface area contributed by atoms with Gasteiger partial charge in [-0.2, -0.15) is 0 Å². The van der Waals surface area contributed by atoms with Crippen LogP contribution in [0, 0.1) is 5.92 Å². The van der Waals surface area contributed by atoms with Gasteiger partial charge in [-0.3, -0.25) is 0 Å². The van der Waals surface area contributed by atoms with Crippen molar-refractivity contribution in [3.05, 3.63) is 40.2 Å². The topological polar surface area (TPSA) is 24.9 Å². The fourth-order valence-corrected chi connectivity index (χ4v) is 3.84. The lowest BCUT2D eigenvalue weighted by Crippen LogP contribution is -2.18. The van der Waals surface area contributed by atoms with Crippen LogP contribution in [0.25, 0.3) is 11.3 Å². The van der Waals surface area contributed by atoms with Crippen LogP contribution in [0.5, 0.6) is 0 Å². The molecule has 0 bridgehead atoms. The van der Waals surface area contributed by atoms with E-state index in [-0.39, 0.29) is 0 Å². The van der Waals surface area contributed by atoms with E-state index >= 15 is 0 Å². The van der Waals surface area contributed by atoms with E-state index in [2.05, 4.69) is 49.5 Å². The molecule has 1 N–H and O–H groups in total. The molecule has 2 aromatic rings. The first-order chi connectivity index (χ1) is 10.2. The number of aromatic nitrogens is 1. The Hall–Kier alpha value is -1.19. The third kappa shape index (κ3) is 3.53. The van der Waals surface area contributed by atoms with Gasteiger partial charge in [0.1, 0.15) is 0 Å². The van der Waals surface area contributed by atoms with Gasteiger partial charge in [0.05, 0.1) is 10.7 Å². The molecule has 0 saturated heterocycles. The lowest BCUT2D eigenvalue weighted by molar-refractivity contribution is 0.418. The van der Waals surface area contributed by atoms with Crippen LogP contribution >= 0.6 is 11.3 Å². The van der Waals surface area contributed by atoms with Crippen molar-refractivity contribution < 1.29 is 0 Å². The third-order valence-electron chi connectivity index (χ3n) is 4.05. The quantitative estimate of drug-likeness (QED) is 0.827. The van der Waals surface area contributed by atoms with Crippen LogP contribution in [0.15, 0.2) is 30.3 Å². The van der Waals surface area contributed by atoms with E-state index in [1.165, 1.54) is 40.4 Å². The fourth-order valence-electron chi connectivity index (χ4n) is 2.62. The predicted octanol–water partition coefficient (Wildman–Crippen LogP) is 4.82. The molecular weight excluding hydrogens is 276 g/mol. The fraction of sp³-hybridized carbons (Fsp3) is 0.500. The molecule has 1 heterocycles. The third-order valence-corrected chi connectivity index (χ3v) is 5.27. The summed E-state index contributed by atoms with van der Waals surface area (Å²) in [5.74, 6) is 1.40. The van der Waals surface area contributed by atoms with Gasteiger partial charge in [0.25, 0.3) is 0 Å². The summed E-state index contributed by atoms with van der Waals surface area (Å²) >= 11 is 1.92. The monoisotopic (exact) mass is 300 g/mol. The van der Waals surface area contributed by atoms with Crippen LogP contribution in [0.2, 0.25) is 0 Å². The van der Waals surface area contributed by atoms with Crippen molar-refractivity contribution in [3.63, 3.8) is 0 Å². The summed E-state index contributed by atoms with van der Waals surface area (Å²) in [6.45, 7) is 6.49. The lowest BCUT2D eigenvalue weighted by atomic mass is 9.86. The van der Waals surface area contributed by atoms with Crippen LogP contribution in [0.4, 0.5) is 0 Å². The Morgan fingerprint density at radius 1 is 1.24 bits per heavy atom. The van der Waals surface area contributed by atoms with Crippen LogP contribution in [0.3, 0.4) is 0 Å². The van der Waals surface area contributed by atoms with Crippen LogP contribution < -0.4 is 5.32 Å². The van der Waals surface area contributed by atoms with E-state index in [9.17, 15) is 0 Å². The second kappa shape index (κ2) is 6.71. The molecule has 0 spiro atoms. The molecule has 0 atom stereocenters. The number of rotatable bonds is 6. The van der Waals surface area contributed by atoms with Gasteiger partial charge in [0.2, 0.25) is 0 Å². The molecular formula is C18H24N2S. The zero-order chi connectivity index (χ0) is 14.7. The molecule has 0 radical (unpaired) electrons. The summed E-state index contributed by atoms with van der Waals surface area (Å²) < 4.78 is 0. The highest BCUT2D eigenvalue weighted by molar-refractivity contribution is 7.12. The Balaban J connectivity index is 1.83. The zero-order valence-electron chi connectivity index (χ0n) is 12.9. The van der Waals surface area contributed by atoms with Crippen molar-refractivity contribution in [3.8, 4) is 11.3 Å². The summed E-state index contributed by atoms with van der Waals surface area (Å²) in [7, 11) is 0. The van der Waals surface area contributed by atoms with Gasteiger partial charge in [-0.15, -0.1) is 11.3 Å². The predicted molar refractivity (Wildman–Crippen MR) is 90.7 cm³/mol. The summed E-state index contributed by atoms with van der Waals surface area (Å²) in [4.78, 5) is 6.37. The minimum atomic E-state index is 0.684. The number of nitrogens with one attached hydrogen (secondary N) is 1. The molecule has 112 valence electrons. The highest BCUT2D eigenvalue weighted by Crippen LogP contribution is 2.41. The molecule has 21 heavy (non-hydrogen) atoms. The smallest absolute Gasteiger partial charge is 0.0966 e. The van der Waals surface area contributed by atoms with Gasteiger partial charge >= 0.3 is 0 Å². The second-order valence-electron chi connectivity index (χ2n) is 6.34. The maximum atomic E-state index is 4.98. The van der Waals surface area contributed by atoms with Crippen LogP contribution in [-0.4, -0.2) is 11.5 Å². The van der Waals surface area contributed by atoms with E-state index in [4.69, 9.17) is 4.98 Å². The van der Waals surface area contributed by atoms with Crippen molar-refractivity contribution in [2.75, 3.05) is 6.54 Å². The molecule has 1 aromatic heterocycles. The van der Waals surface area contributed by atoms with E-state index in [1.807, 2.05) is 11.3 Å². The van der Waals surface area contributed by atoms with E-state index < -0.39 is 0 Å². The van der Waals surface area contributed by atoms with Gasteiger partial charge in [-0.25, -0.2) is 4.98 Å². The summed E-state index contributed by atoms with van der Waals surface area (Å²) in [5, 5.41) is 4.92. The normalized spacial score (nSPS) is 15.4. The van der Waals surface area contributed by atoms with E-state index in [0.717, 1.165) is 19.0 Å². The summed E-state index contributed by atoms with van der Waals surface area (Å²) in [5.41, 5.74) is 2.44. The molecule has 1 aliphatic carbocycles. The molecule has 1 saturated carbocycles. The Morgan fingerprint density at radius 3 is 2.62 bits per heavy atom. The standard InChI is InChI=1S/C18H24N2S/c1-13(2)11-19-12-16-17(14-7-4-3-5-8-14)20-18(21-16)15-9-6-10-15/h3-5,7-8,13,15,19H,6,9-12H2,1-2H3. The molecule has 1 fully saturated rings. The minimum absolute atomic E-state index is 0.684. The highest BCUT2D eigenvalue weighted by atomic mass is 32.1. The molecule has 0 aliphatic heterocycles. The Morgan fingerprint density at radius 2 is 2.00 bits per heavy atom. The average Bonchev–Trinajstić information content (AvgIpc) is 2.81.